The number of non-ortho nitro benzene ring substituents is 1. The van der Waals surface area contributed by atoms with Crippen LogP contribution in [0.3, 0.4) is 0 Å². The molecule has 0 atom stereocenters. The number of methoxy groups -OCH3 is 2. The van der Waals surface area contributed by atoms with E-state index in [4.69, 9.17) is 9.47 Å². The molecule has 0 aliphatic carbocycles. The largest absolute Gasteiger partial charge is 0.497 e. The standard InChI is InChI=1S/C23H18N2O6S/c1-30-17-9-5-15-6-10-20(31-2)19(18(15)11-17)12-21-22(26)24(23(27)32-21)13-14-3-7-16(8-4-14)25(28)29/h3-12H,13H2,1-2H3/b21-12-. The van der Waals surface area contributed by atoms with E-state index in [9.17, 15) is 19.7 Å². The lowest BCUT2D eigenvalue weighted by Gasteiger charge is -2.13. The predicted octanol–water partition coefficient (Wildman–Crippen LogP) is 5.00. The van der Waals surface area contributed by atoms with Crippen molar-refractivity contribution in [1.82, 2.24) is 4.90 Å². The van der Waals surface area contributed by atoms with Crippen LogP contribution in [-0.4, -0.2) is 35.2 Å². The van der Waals surface area contributed by atoms with Gasteiger partial charge in [-0.05, 0) is 52.4 Å². The number of carbonyl (C=O) groups is 2. The van der Waals surface area contributed by atoms with Crippen LogP contribution in [0.5, 0.6) is 11.5 Å². The molecule has 1 fully saturated rings. The van der Waals surface area contributed by atoms with Gasteiger partial charge in [0.05, 0.1) is 30.6 Å². The zero-order chi connectivity index (χ0) is 22.8. The van der Waals surface area contributed by atoms with Crippen molar-refractivity contribution in [1.29, 1.82) is 0 Å². The SMILES string of the molecule is COc1ccc2ccc(OC)c(/C=C3\SC(=O)N(Cc4ccc([N+](=O)[O-])cc4)C3=O)c2c1. The number of nitro groups is 1. The van der Waals surface area contributed by atoms with E-state index in [1.807, 2.05) is 30.3 Å². The van der Waals surface area contributed by atoms with Crippen molar-refractivity contribution in [3.63, 3.8) is 0 Å². The maximum absolute atomic E-state index is 13.0. The number of ether oxygens (including phenoxy) is 2. The smallest absolute Gasteiger partial charge is 0.293 e. The number of rotatable bonds is 6. The van der Waals surface area contributed by atoms with Crippen LogP contribution in [0.2, 0.25) is 0 Å². The molecule has 32 heavy (non-hydrogen) atoms. The van der Waals surface area contributed by atoms with Gasteiger partial charge in [0.25, 0.3) is 16.8 Å². The van der Waals surface area contributed by atoms with Gasteiger partial charge in [-0.3, -0.25) is 24.6 Å². The number of hydrogen-bond acceptors (Lipinski definition) is 7. The zero-order valence-electron chi connectivity index (χ0n) is 17.2. The summed E-state index contributed by atoms with van der Waals surface area (Å²) in [4.78, 5) is 37.3. The minimum Gasteiger partial charge on any atom is -0.497 e. The molecule has 2 amide bonds. The van der Waals surface area contributed by atoms with Gasteiger partial charge in [-0.25, -0.2) is 0 Å². The van der Waals surface area contributed by atoms with Crippen molar-refractivity contribution in [2.75, 3.05) is 14.2 Å². The Hall–Kier alpha value is -3.85. The third-order valence-electron chi connectivity index (χ3n) is 5.09. The van der Waals surface area contributed by atoms with E-state index in [1.165, 1.54) is 24.3 Å². The molecule has 1 aliphatic heterocycles. The van der Waals surface area contributed by atoms with Gasteiger partial charge in [0.2, 0.25) is 0 Å². The second-order valence-corrected chi connectivity index (χ2v) is 7.95. The summed E-state index contributed by atoms with van der Waals surface area (Å²) in [6.45, 7) is 0.0283. The Labute approximate surface area is 187 Å². The molecule has 1 aliphatic rings. The lowest BCUT2D eigenvalue weighted by atomic mass is 10.0. The van der Waals surface area contributed by atoms with Crippen LogP contribution in [0.4, 0.5) is 10.5 Å². The third kappa shape index (κ3) is 4.02. The van der Waals surface area contributed by atoms with E-state index in [2.05, 4.69) is 0 Å². The Morgan fingerprint density at radius 3 is 2.41 bits per heavy atom. The second kappa shape index (κ2) is 8.72. The molecular formula is C23H18N2O6S. The highest BCUT2D eigenvalue weighted by Gasteiger charge is 2.35. The quantitative estimate of drug-likeness (QED) is 0.296. The monoisotopic (exact) mass is 450 g/mol. The van der Waals surface area contributed by atoms with E-state index < -0.39 is 16.1 Å². The number of nitrogens with zero attached hydrogens (tertiary/aromatic N) is 2. The van der Waals surface area contributed by atoms with Gasteiger partial charge in [-0.2, -0.15) is 0 Å². The normalized spacial score (nSPS) is 14.9. The number of carbonyl (C=O) groups excluding carboxylic acids is 2. The van der Waals surface area contributed by atoms with Crippen LogP contribution < -0.4 is 9.47 Å². The van der Waals surface area contributed by atoms with E-state index in [-0.39, 0.29) is 17.1 Å². The van der Waals surface area contributed by atoms with Crippen molar-refractivity contribution in [2.24, 2.45) is 0 Å². The maximum Gasteiger partial charge on any atom is 0.293 e. The topological polar surface area (TPSA) is 99.0 Å². The molecule has 9 heteroatoms. The minimum absolute atomic E-state index is 0.0283. The third-order valence-corrected chi connectivity index (χ3v) is 5.99. The summed E-state index contributed by atoms with van der Waals surface area (Å²) >= 11 is 0.845. The van der Waals surface area contributed by atoms with Gasteiger partial charge in [0.1, 0.15) is 11.5 Å². The van der Waals surface area contributed by atoms with Gasteiger partial charge in [-0.1, -0.05) is 24.3 Å². The van der Waals surface area contributed by atoms with Crippen LogP contribution in [0.25, 0.3) is 16.8 Å². The highest BCUT2D eigenvalue weighted by atomic mass is 32.2. The number of nitro benzene ring substituents is 1. The van der Waals surface area contributed by atoms with Crippen molar-refractivity contribution in [2.45, 2.75) is 6.54 Å². The Bertz CT molecular complexity index is 1260. The number of amides is 2. The molecule has 4 rings (SSSR count). The predicted molar refractivity (Wildman–Crippen MR) is 122 cm³/mol. The number of fused-ring (bicyclic) bond motifs is 1. The van der Waals surface area contributed by atoms with Crippen LogP contribution >= 0.6 is 11.8 Å². The van der Waals surface area contributed by atoms with Crippen molar-refractivity contribution in [3.05, 3.63) is 80.7 Å². The van der Waals surface area contributed by atoms with Gasteiger partial charge in [-0.15, -0.1) is 0 Å². The molecule has 3 aromatic rings. The Balaban J connectivity index is 1.68. The van der Waals surface area contributed by atoms with Crippen LogP contribution in [0.1, 0.15) is 11.1 Å². The van der Waals surface area contributed by atoms with E-state index in [1.54, 1.807) is 20.3 Å². The molecule has 1 saturated heterocycles. The summed E-state index contributed by atoms with van der Waals surface area (Å²) < 4.78 is 10.8. The summed E-state index contributed by atoms with van der Waals surface area (Å²) in [7, 11) is 3.11. The summed E-state index contributed by atoms with van der Waals surface area (Å²) in [5.41, 5.74) is 1.23. The van der Waals surface area contributed by atoms with E-state index in [0.717, 1.165) is 27.4 Å². The molecule has 8 nitrogen and oxygen atoms in total. The molecule has 0 aromatic heterocycles. The highest BCUT2D eigenvalue weighted by molar-refractivity contribution is 8.18. The molecule has 0 N–H and O–H groups in total. The molecule has 3 aromatic carbocycles. The number of thioether (sulfide) groups is 1. The van der Waals surface area contributed by atoms with Gasteiger partial charge >= 0.3 is 0 Å². The zero-order valence-corrected chi connectivity index (χ0v) is 18.0. The Kier molecular flexibility index (Phi) is 5.83. The first-order valence-electron chi connectivity index (χ1n) is 9.54. The van der Waals surface area contributed by atoms with Crippen LogP contribution in [0.15, 0.2) is 59.5 Å². The van der Waals surface area contributed by atoms with E-state index in [0.29, 0.717) is 22.6 Å². The fourth-order valence-electron chi connectivity index (χ4n) is 3.43. The fraction of sp³-hybridized carbons (Fsp3) is 0.130. The Morgan fingerprint density at radius 1 is 1.03 bits per heavy atom. The summed E-state index contributed by atoms with van der Waals surface area (Å²) in [6, 6.07) is 15.1. The number of benzene rings is 3. The summed E-state index contributed by atoms with van der Waals surface area (Å²) in [5.74, 6) is 0.792. The van der Waals surface area contributed by atoms with Crippen LogP contribution in [-0.2, 0) is 11.3 Å². The second-order valence-electron chi connectivity index (χ2n) is 6.96. The van der Waals surface area contributed by atoms with Gasteiger partial charge in [0, 0.05) is 17.7 Å². The first-order valence-corrected chi connectivity index (χ1v) is 10.4. The molecule has 1 heterocycles. The van der Waals surface area contributed by atoms with Crippen LogP contribution in [0, 0.1) is 10.1 Å². The summed E-state index contributed by atoms with van der Waals surface area (Å²) in [6.07, 6.45) is 1.65. The number of hydrogen-bond donors (Lipinski definition) is 0. The lowest BCUT2D eigenvalue weighted by Crippen LogP contribution is -2.27. The first-order chi connectivity index (χ1) is 15.4. The number of imide groups is 1. The minimum atomic E-state index is -0.501. The van der Waals surface area contributed by atoms with Crippen molar-refractivity contribution < 1.29 is 24.0 Å². The molecule has 0 spiro atoms. The average Bonchev–Trinajstić information content (AvgIpc) is 3.06. The van der Waals surface area contributed by atoms with Crippen molar-refractivity contribution in [3.8, 4) is 11.5 Å². The maximum atomic E-state index is 13.0. The molecular weight excluding hydrogens is 432 g/mol. The average molecular weight is 450 g/mol. The fourth-order valence-corrected chi connectivity index (χ4v) is 4.25. The highest BCUT2D eigenvalue weighted by Crippen LogP contribution is 2.38. The van der Waals surface area contributed by atoms with Gasteiger partial charge < -0.3 is 9.47 Å². The van der Waals surface area contributed by atoms with Gasteiger partial charge in [0.15, 0.2) is 0 Å². The molecule has 0 unspecified atom stereocenters. The van der Waals surface area contributed by atoms with E-state index >= 15 is 0 Å². The summed E-state index contributed by atoms with van der Waals surface area (Å²) in [5, 5.41) is 12.2. The molecule has 0 radical (unpaired) electrons. The first kappa shape index (κ1) is 21.4. The Morgan fingerprint density at radius 2 is 1.75 bits per heavy atom. The molecule has 162 valence electrons. The molecule has 0 bridgehead atoms. The lowest BCUT2D eigenvalue weighted by molar-refractivity contribution is -0.384. The molecule has 0 saturated carbocycles. The van der Waals surface area contributed by atoms with Crippen molar-refractivity contribution >= 4 is 45.4 Å².